The van der Waals surface area contributed by atoms with Gasteiger partial charge in [0.1, 0.15) is 11.6 Å². The van der Waals surface area contributed by atoms with E-state index in [9.17, 15) is 18.4 Å². The van der Waals surface area contributed by atoms with E-state index in [1.54, 1.807) is 13.8 Å². The average molecular weight is 298 g/mol. The van der Waals surface area contributed by atoms with E-state index >= 15 is 0 Å². The molecule has 114 valence electrons. The van der Waals surface area contributed by atoms with Crippen LogP contribution in [0.2, 0.25) is 0 Å². The number of halogens is 2. The topological polar surface area (TPSA) is 52.6 Å². The van der Waals surface area contributed by atoms with Crippen LogP contribution in [0.25, 0.3) is 0 Å². The van der Waals surface area contributed by atoms with Gasteiger partial charge in [-0.05, 0) is 37.1 Å². The number of hydrogen-bond acceptors (Lipinski definition) is 4. The predicted octanol–water partition coefficient (Wildman–Crippen LogP) is 2.18. The maximum absolute atomic E-state index is 13.8. The summed E-state index contributed by atoms with van der Waals surface area (Å²) in [6, 6.07) is 1.97. The van der Waals surface area contributed by atoms with Crippen molar-refractivity contribution in [3.8, 4) is 0 Å². The van der Waals surface area contributed by atoms with Gasteiger partial charge in [0.15, 0.2) is 5.41 Å². The Kier molecular flexibility index (Phi) is 4.25. The Morgan fingerprint density at radius 1 is 1.00 bits per heavy atom. The summed E-state index contributed by atoms with van der Waals surface area (Å²) >= 11 is 0. The number of rotatable bonds is 4. The molecule has 4 nitrogen and oxygen atoms in total. The second-order valence-corrected chi connectivity index (χ2v) is 4.86. The minimum absolute atomic E-state index is 0.0381. The molecule has 6 heteroatoms. The Morgan fingerprint density at radius 2 is 1.38 bits per heavy atom. The summed E-state index contributed by atoms with van der Waals surface area (Å²) in [5.74, 6) is -2.89. The molecule has 0 amide bonds. The molecule has 0 saturated heterocycles. The minimum atomic E-state index is -1.70. The van der Waals surface area contributed by atoms with Crippen molar-refractivity contribution in [2.24, 2.45) is 5.41 Å². The Hall–Kier alpha value is -1.98. The van der Waals surface area contributed by atoms with Gasteiger partial charge in [-0.25, -0.2) is 8.78 Å². The van der Waals surface area contributed by atoms with Crippen molar-refractivity contribution in [3.05, 3.63) is 34.9 Å². The Bertz CT molecular complexity index is 532. The largest absolute Gasteiger partial charge is 0.465 e. The van der Waals surface area contributed by atoms with Gasteiger partial charge in [0.25, 0.3) is 0 Å². The summed E-state index contributed by atoms with van der Waals surface area (Å²) in [4.78, 5) is 24.4. The summed E-state index contributed by atoms with van der Waals surface area (Å²) < 4.78 is 37.5. The molecule has 0 fully saturated rings. The first-order valence-corrected chi connectivity index (χ1v) is 6.76. The van der Waals surface area contributed by atoms with Crippen LogP contribution in [0.15, 0.2) is 12.1 Å². The van der Waals surface area contributed by atoms with Gasteiger partial charge in [-0.15, -0.1) is 0 Å². The van der Waals surface area contributed by atoms with Crippen LogP contribution in [0.5, 0.6) is 0 Å². The standard InChI is InChI=1S/C15H16F2O4/c1-3-20-13(18)15(14(19)21-4-2)7-9-10(8-15)12(17)6-5-11(9)16/h5-6H,3-4,7-8H2,1-2H3. The van der Waals surface area contributed by atoms with E-state index in [0.29, 0.717) is 0 Å². The molecule has 0 saturated carbocycles. The lowest BCUT2D eigenvalue weighted by atomic mass is 9.84. The predicted molar refractivity (Wildman–Crippen MR) is 69.5 cm³/mol. The monoisotopic (exact) mass is 298 g/mol. The lowest BCUT2D eigenvalue weighted by Gasteiger charge is -2.23. The maximum atomic E-state index is 13.8. The average Bonchev–Trinajstić information content (AvgIpc) is 2.87. The summed E-state index contributed by atoms with van der Waals surface area (Å²) in [6.07, 6.45) is -0.493. The van der Waals surface area contributed by atoms with E-state index < -0.39 is 29.0 Å². The van der Waals surface area contributed by atoms with E-state index in [-0.39, 0.29) is 37.2 Å². The van der Waals surface area contributed by atoms with Crippen molar-refractivity contribution < 1.29 is 27.8 Å². The highest BCUT2D eigenvalue weighted by atomic mass is 19.1. The summed E-state index contributed by atoms with van der Waals surface area (Å²) in [5, 5.41) is 0. The molecule has 1 aromatic rings. The number of ether oxygens (including phenoxy) is 2. The van der Waals surface area contributed by atoms with Gasteiger partial charge in [0.05, 0.1) is 13.2 Å². The number of carbonyl (C=O) groups is 2. The third kappa shape index (κ3) is 2.50. The molecule has 0 heterocycles. The Morgan fingerprint density at radius 3 is 1.71 bits per heavy atom. The number of hydrogen-bond donors (Lipinski definition) is 0. The van der Waals surface area contributed by atoms with Gasteiger partial charge < -0.3 is 9.47 Å². The van der Waals surface area contributed by atoms with Crippen LogP contribution in [-0.4, -0.2) is 25.2 Å². The molecule has 0 radical (unpaired) electrons. The van der Waals surface area contributed by atoms with E-state index in [4.69, 9.17) is 9.47 Å². The Labute approximate surface area is 121 Å². The number of carbonyl (C=O) groups excluding carboxylic acids is 2. The molecule has 0 bridgehead atoms. The fourth-order valence-corrected chi connectivity index (χ4v) is 2.59. The Balaban J connectivity index is 2.46. The first kappa shape index (κ1) is 15.4. The second kappa shape index (κ2) is 5.79. The third-order valence-electron chi connectivity index (χ3n) is 3.61. The molecule has 1 aliphatic carbocycles. The lowest BCUT2D eigenvalue weighted by Crippen LogP contribution is -2.43. The van der Waals surface area contributed by atoms with E-state index in [1.165, 1.54) is 0 Å². The van der Waals surface area contributed by atoms with Crippen molar-refractivity contribution in [1.82, 2.24) is 0 Å². The van der Waals surface area contributed by atoms with Gasteiger partial charge in [-0.1, -0.05) is 0 Å². The molecule has 1 aromatic carbocycles. The smallest absolute Gasteiger partial charge is 0.324 e. The molecule has 0 spiro atoms. The van der Waals surface area contributed by atoms with E-state index in [0.717, 1.165) is 12.1 Å². The molecule has 0 N–H and O–H groups in total. The summed E-state index contributed by atoms with van der Waals surface area (Å²) in [6.45, 7) is 3.34. The maximum Gasteiger partial charge on any atom is 0.324 e. The zero-order valence-electron chi connectivity index (χ0n) is 11.9. The van der Waals surface area contributed by atoms with Gasteiger partial charge in [-0.2, -0.15) is 0 Å². The minimum Gasteiger partial charge on any atom is -0.465 e. The molecule has 0 aromatic heterocycles. The van der Waals surface area contributed by atoms with Gasteiger partial charge in [-0.3, -0.25) is 9.59 Å². The van der Waals surface area contributed by atoms with Crippen LogP contribution in [0.1, 0.15) is 25.0 Å². The number of benzene rings is 1. The highest BCUT2D eigenvalue weighted by Crippen LogP contribution is 2.41. The zero-order valence-corrected chi connectivity index (χ0v) is 11.9. The van der Waals surface area contributed by atoms with Gasteiger partial charge in [0.2, 0.25) is 0 Å². The second-order valence-electron chi connectivity index (χ2n) is 4.86. The third-order valence-corrected chi connectivity index (χ3v) is 3.61. The molecule has 21 heavy (non-hydrogen) atoms. The summed E-state index contributed by atoms with van der Waals surface area (Å²) in [5.41, 5.74) is -1.62. The first-order valence-electron chi connectivity index (χ1n) is 6.76. The zero-order chi connectivity index (χ0) is 15.6. The van der Waals surface area contributed by atoms with Crippen molar-refractivity contribution in [2.75, 3.05) is 13.2 Å². The van der Waals surface area contributed by atoms with E-state index in [2.05, 4.69) is 0 Å². The van der Waals surface area contributed by atoms with Crippen LogP contribution >= 0.6 is 0 Å². The quantitative estimate of drug-likeness (QED) is 0.631. The molecular formula is C15H16F2O4. The number of fused-ring (bicyclic) bond motifs is 1. The van der Waals surface area contributed by atoms with Crippen LogP contribution in [-0.2, 0) is 31.9 Å². The SMILES string of the molecule is CCOC(=O)C1(C(=O)OCC)Cc2c(F)ccc(F)c2C1. The first-order chi connectivity index (χ1) is 9.96. The molecular weight excluding hydrogens is 282 g/mol. The van der Waals surface area contributed by atoms with Crippen LogP contribution in [0, 0.1) is 17.0 Å². The van der Waals surface area contributed by atoms with Crippen LogP contribution in [0.3, 0.4) is 0 Å². The van der Waals surface area contributed by atoms with Gasteiger partial charge >= 0.3 is 11.9 Å². The highest BCUT2D eigenvalue weighted by Gasteiger charge is 2.54. The highest BCUT2D eigenvalue weighted by molar-refractivity contribution is 6.01. The molecule has 2 rings (SSSR count). The molecule has 0 atom stereocenters. The molecule has 1 aliphatic rings. The van der Waals surface area contributed by atoms with Gasteiger partial charge in [0, 0.05) is 12.8 Å². The van der Waals surface area contributed by atoms with Crippen LogP contribution in [0.4, 0.5) is 8.78 Å². The number of esters is 2. The molecule has 0 unspecified atom stereocenters. The van der Waals surface area contributed by atoms with Crippen molar-refractivity contribution in [2.45, 2.75) is 26.7 Å². The van der Waals surface area contributed by atoms with Crippen LogP contribution < -0.4 is 0 Å². The lowest BCUT2D eigenvalue weighted by molar-refractivity contribution is -0.171. The fourth-order valence-electron chi connectivity index (χ4n) is 2.59. The van der Waals surface area contributed by atoms with E-state index in [1.807, 2.05) is 0 Å². The van der Waals surface area contributed by atoms with Crippen molar-refractivity contribution in [1.29, 1.82) is 0 Å². The van der Waals surface area contributed by atoms with Crippen molar-refractivity contribution >= 4 is 11.9 Å². The van der Waals surface area contributed by atoms with Crippen molar-refractivity contribution in [3.63, 3.8) is 0 Å². The molecule has 0 aliphatic heterocycles. The normalized spacial score (nSPS) is 15.4. The summed E-state index contributed by atoms with van der Waals surface area (Å²) in [7, 11) is 0. The fraction of sp³-hybridized carbons (Fsp3) is 0.467.